The smallest absolute Gasteiger partial charge is 0.111 e. The lowest BCUT2D eigenvalue weighted by atomic mass is 9.91. The van der Waals surface area contributed by atoms with Gasteiger partial charge in [0.2, 0.25) is 0 Å². The molecular weight excluding hydrogens is 304 g/mol. The Kier molecular flexibility index (Phi) is 14.9. The van der Waals surface area contributed by atoms with Gasteiger partial charge in [-0.1, -0.05) is 97.9 Å². The van der Waals surface area contributed by atoms with Gasteiger partial charge in [0.15, 0.2) is 0 Å². The molecule has 0 fully saturated rings. The topological polar surface area (TPSA) is 20.2 Å². The van der Waals surface area contributed by atoms with Crippen molar-refractivity contribution >= 4 is 0 Å². The quantitative estimate of drug-likeness (QED) is 0.313. The Balaban J connectivity index is 0. The maximum atomic E-state index is 9.30. The lowest BCUT2D eigenvalue weighted by molar-refractivity contribution is 0.426. The van der Waals surface area contributed by atoms with Crippen LogP contribution in [0.15, 0.2) is 72.6 Å². The zero-order chi connectivity index (χ0) is 20.0. The van der Waals surface area contributed by atoms with E-state index in [1.807, 2.05) is 12.2 Å². The average molecular weight is 345 g/mol. The van der Waals surface area contributed by atoms with Gasteiger partial charge in [-0.3, -0.25) is 0 Å². The number of allylic oxidation sites excluding steroid dienone is 7. The zero-order valence-electron chi connectivity index (χ0n) is 17.5. The van der Waals surface area contributed by atoms with Gasteiger partial charge in [0.25, 0.3) is 0 Å². The van der Waals surface area contributed by atoms with Gasteiger partial charge in [-0.15, -0.1) is 0 Å². The van der Waals surface area contributed by atoms with Crippen LogP contribution in [0.25, 0.3) is 0 Å². The van der Waals surface area contributed by atoms with Gasteiger partial charge in [0.05, 0.1) is 0 Å². The Morgan fingerprint density at radius 1 is 0.920 bits per heavy atom. The molecule has 0 saturated heterocycles. The average Bonchev–Trinajstić information content (AvgIpc) is 2.56. The van der Waals surface area contributed by atoms with Crippen LogP contribution in [0.4, 0.5) is 0 Å². The summed E-state index contributed by atoms with van der Waals surface area (Å²) in [5, 5.41) is 9.30. The maximum Gasteiger partial charge on any atom is 0.111 e. The molecule has 2 atom stereocenters. The van der Waals surface area contributed by atoms with Gasteiger partial charge in [-0.25, -0.2) is 0 Å². The lowest BCUT2D eigenvalue weighted by Crippen LogP contribution is -2.00. The third-order valence-corrected chi connectivity index (χ3v) is 4.18. The first-order valence-corrected chi connectivity index (χ1v) is 9.42. The van der Waals surface area contributed by atoms with E-state index >= 15 is 0 Å². The largest absolute Gasteiger partial charge is 0.508 e. The van der Waals surface area contributed by atoms with E-state index in [1.165, 1.54) is 19.3 Å². The summed E-state index contributed by atoms with van der Waals surface area (Å²) in [4.78, 5) is 0. The minimum absolute atomic E-state index is 0.0565. The van der Waals surface area contributed by atoms with Gasteiger partial charge in [0, 0.05) is 0 Å². The molecule has 0 aliphatic heterocycles. The standard InChI is InChI=1S/C21H32O.C3H8/c1-9-15(2)10-11-16(3)17(4)12-13-18(5)19(6)14-20(7)21(8)22;1-3-2/h12-16,22H,4-6,8-11H2,1-3,7H3;3H2,1-2H3/b13-12-,20-14-;. The molecule has 0 aliphatic rings. The van der Waals surface area contributed by atoms with Crippen LogP contribution in [-0.4, -0.2) is 5.11 Å². The summed E-state index contributed by atoms with van der Waals surface area (Å²) in [5.74, 6) is 1.30. The predicted molar refractivity (Wildman–Crippen MR) is 116 cm³/mol. The van der Waals surface area contributed by atoms with E-state index in [9.17, 15) is 5.11 Å². The van der Waals surface area contributed by atoms with Gasteiger partial charge in [-0.05, 0) is 48.0 Å². The van der Waals surface area contributed by atoms with Crippen molar-refractivity contribution in [3.63, 3.8) is 0 Å². The van der Waals surface area contributed by atoms with Gasteiger partial charge in [-0.2, -0.15) is 0 Å². The summed E-state index contributed by atoms with van der Waals surface area (Å²) >= 11 is 0. The van der Waals surface area contributed by atoms with E-state index in [0.29, 0.717) is 11.5 Å². The Labute approximate surface area is 157 Å². The van der Waals surface area contributed by atoms with E-state index in [-0.39, 0.29) is 5.76 Å². The van der Waals surface area contributed by atoms with E-state index in [0.717, 1.165) is 29.1 Å². The molecule has 1 heteroatoms. The Bertz CT molecular complexity index is 502. The first-order chi connectivity index (χ1) is 11.6. The second-order valence-corrected chi connectivity index (χ2v) is 6.93. The number of aliphatic hydroxyl groups is 1. The van der Waals surface area contributed by atoms with E-state index < -0.39 is 0 Å². The fourth-order valence-corrected chi connectivity index (χ4v) is 1.84. The second kappa shape index (κ2) is 14.6. The molecule has 0 saturated carbocycles. The minimum Gasteiger partial charge on any atom is -0.508 e. The fourth-order valence-electron chi connectivity index (χ4n) is 1.84. The highest BCUT2D eigenvalue weighted by Gasteiger charge is 2.07. The number of aliphatic hydroxyl groups excluding tert-OH is 1. The number of rotatable bonds is 10. The molecule has 142 valence electrons. The van der Waals surface area contributed by atoms with Crippen LogP contribution in [0, 0.1) is 11.8 Å². The molecule has 0 aromatic rings. The van der Waals surface area contributed by atoms with Crippen molar-refractivity contribution in [2.24, 2.45) is 11.8 Å². The molecule has 0 bridgehead atoms. The SMILES string of the molecule is C=C(/C=C\C(=C)C(C)CCC(C)CC)C(=C)/C=C(/C)C(=C)O.CCC. The predicted octanol–water partition coefficient (Wildman–Crippen LogP) is 8.11. The molecule has 1 N–H and O–H groups in total. The summed E-state index contributed by atoms with van der Waals surface area (Å²) < 4.78 is 0. The minimum atomic E-state index is 0.0565. The molecule has 0 amide bonds. The molecule has 25 heavy (non-hydrogen) atoms. The van der Waals surface area contributed by atoms with Crippen molar-refractivity contribution in [2.75, 3.05) is 0 Å². The van der Waals surface area contributed by atoms with Gasteiger partial charge >= 0.3 is 0 Å². The Hall–Kier alpha value is -1.76. The molecule has 2 unspecified atom stereocenters. The monoisotopic (exact) mass is 344 g/mol. The van der Waals surface area contributed by atoms with Crippen LogP contribution in [-0.2, 0) is 0 Å². The van der Waals surface area contributed by atoms with Crippen LogP contribution in [0.2, 0.25) is 0 Å². The molecule has 0 spiro atoms. The normalized spacial score (nSPS) is 13.6. The Morgan fingerprint density at radius 2 is 1.44 bits per heavy atom. The molecule has 1 nitrogen and oxygen atoms in total. The zero-order valence-corrected chi connectivity index (χ0v) is 17.5. The van der Waals surface area contributed by atoms with Crippen LogP contribution < -0.4 is 0 Å². The Morgan fingerprint density at radius 3 is 1.88 bits per heavy atom. The molecule has 0 aromatic carbocycles. The van der Waals surface area contributed by atoms with Crippen molar-refractivity contribution < 1.29 is 5.11 Å². The highest BCUT2D eigenvalue weighted by molar-refractivity contribution is 5.47. The number of hydrogen-bond donors (Lipinski definition) is 1. The van der Waals surface area contributed by atoms with Crippen molar-refractivity contribution in [2.45, 2.75) is 67.2 Å². The van der Waals surface area contributed by atoms with Gasteiger partial charge < -0.3 is 5.11 Å². The van der Waals surface area contributed by atoms with Crippen LogP contribution >= 0.6 is 0 Å². The van der Waals surface area contributed by atoms with Crippen molar-refractivity contribution in [1.29, 1.82) is 0 Å². The number of hydrogen-bond acceptors (Lipinski definition) is 1. The summed E-state index contributed by atoms with van der Waals surface area (Å²) in [5.41, 5.74) is 3.39. The second-order valence-electron chi connectivity index (χ2n) is 6.93. The van der Waals surface area contributed by atoms with Crippen LogP contribution in [0.3, 0.4) is 0 Å². The molecule has 0 heterocycles. The van der Waals surface area contributed by atoms with Crippen LogP contribution in [0.1, 0.15) is 67.2 Å². The van der Waals surface area contributed by atoms with Crippen molar-refractivity contribution in [1.82, 2.24) is 0 Å². The third kappa shape index (κ3) is 13.2. The van der Waals surface area contributed by atoms with E-state index in [2.05, 4.69) is 60.9 Å². The van der Waals surface area contributed by atoms with Crippen molar-refractivity contribution in [3.05, 3.63) is 72.6 Å². The third-order valence-electron chi connectivity index (χ3n) is 4.18. The molecule has 0 aromatic heterocycles. The molecule has 0 rings (SSSR count). The summed E-state index contributed by atoms with van der Waals surface area (Å²) in [6, 6.07) is 0. The summed E-state index contributed by atoms with van der Waals surface area (Å²) in [6.45, 7) is 28.4. The summed E-state index contributed by atoms with van der Waals surface area (Å²) in [7, 11) is 0. The lowest BCUT2D eigenvalue weighted by Gasteiger charge is -2.14. The molecule has 0 radical (unpaired) electrons. The highest BCUT2D eigenvalue weighted by Crippen LogP contribution is 2.22. The highest BCUT2D eigenvalue weighted by atomic mass is 16.3. The van der Waals surface area contributed by atoms with Gasteiger partial charge in [0.1, 0.15) is 5.76 Å². The van der Waals surface area contributed by atoms with Crippen molar-refractivity contribution in [3.8, 4) is 0 Å². The molecule has 0 aliphatic carbocycles. The fraction of sp³-hybridized carbons (Fsp3) is 0.500. The first kappa shape index (κ1) is 25.5. The first-order valence-electron chi connectivity index (χ1n) is 9.42. The maximum absolute atomic E-state index is 9.30. The van der Waals surface area contributed by atoms with E-state index in [4.69, 9.17) is 0 Å². The molecular formula is C24H40O. The van der Waals surface area contributed by atoms with Crippen LogP contribution in [0.5, 0.6) is 0 Å². The summed E-state index contributed by atoms with van der Waals surface area (Å²) in [6.07, 6.45) is 10.6. The van der Waals surface area contributed by atoms with E-state index in [1.54, 1.807) is 13.0 Å².